The highest BCUT2D eigenvalue weighted by molar-refractivity contribution is 5.78. The zero-order valence-corrected chi connectivity index (χ0v) is 18.2. The van der Waals surface area contributed by atoms with Gasteiger partial charge in [0.05, 0.1) is 6.54 Å². The van der Waals surface area contributed by atoms with Crippen LogP contribution in [0.1, 0.15) is 55.8 Å². The first kappa shape index (κ1) is 20.6. The molecule has 160 valence electrons. The van der Waals surface area contributed by atoms with Crippen LogP contribution in [0.5, 0.6) is 0 Å². The molecule has 6 nitrogen and oxygen atoms in total. The molecule has 2 aliphatic heterocycles. The number of nitrogens with one attached hydrogen (secondary N) is 1. The minimum Gasteiger partial charge on any atom is -0.369 e. The van der Waals surface area contributed by atoms with E-state index in [1.54, 1.807) is 0 Å². The highest BCUT2D eigenvalue weighted by atomic mass is 16.2. The summed E-state index contributed by atoms with van der Waals surface area (Å²) in [5, 5.41) is 3.45. The fourth-order valence-electron chi connectivity index (χ4n) is 5.11. The van der Waals surface area contributed by atoms with Gasteiger partial charge in [0.25, 0.3) is 0 Å². The molecule has 1 atom stereocenters. The Bertz CT molecular complexity index is 689. The van der Waals surface area contributed by atoms with Gasteiger partial charge in [-0.15, -0.1) is 0 Å². The number of piperazine rings is 1. The SMILES string of the molecule is Cc1cc(N2CCN(CC(=O)N(C)C3CCCCC3)CC2)cc(C2CCNC2)n1. The van der Waals surface area contributed by atoms with Crippen LogP contribution in [-0.4, -0.2) is 79.6 Å². The van der Waals surface area contributed by atoms with Crippen LogP contribution >= 0.6 is 0 Å². The van der Waals surface area contributed by atoms with E-state index in [9.17, 15) is 4.79 Å². The molecule has 3 aliphatic rings. The van der Waals surface area contributed by atoms with E-state index in [-0.39, 0.29) is 0 Å². The zero-order valence-electron chi connectivity index (χ0n) is 18.2. The summed E-state index contributed by atoms with van der Waals surface area (Å²) in [6.07, 6.45) is 7.40. The van der Waals surface area contributed by atoms with E-state index in [4.69, 9.17) is 4.98 Å². The lowest BCUT2D eigenvalue weighted by Gasteiger charge is -2.38. The Morgan fingerprint density at radius 1 is 1.14 bits per heavy atom. The third-order valence-corrected chi connectivity index (χ3v) is 7.05. The molecule has 0 spiro atoms. The van der Waals surface area contributed by atoms with Gasteiger partial charge >= 0.3 is 0 Å². The quantitative estimate of drug-likeness (QED) is 0.824. The number of likely N-dealkylation sites (N-methyl/N-ethyl adjacent to an activating group) is 1. The van der Waals surface area contributed by atoms with E-state index >= 15 is 0 Å². The van der Waals surface area contributed by atoms with Crippen LogP contribution < -0.4 is 10.2 Å². The van der Waals surface area contributed by atoms with Crippen LogP contribution in [-0.2, 0) is 4.79 Å². The van der Waals surface area contributed by atoms with Crippen LogP contribution in [0.15, 0.2) is 12.1 Å². The molecule has 1 N–H and O–H groups in total. The van der Waals surface area contributed by atoms with E-state index in [1.807, 2.05) is 11.9 Å². The van der Waals surface area contributed by atoms with Crippen molar-refractivity contribution in [2.75, 3.05) is 57.8 Å². The van der Waals surface area contributed by atoms with Gasteiger partial charge in [0.2, 0.25) is 5.91 Å². The van der Waals surface area contributed by atoms with Gasteiger partial charge in [-0.05, 0) is 44.9 Å². The number of hydrogen-bond donors (Lipinski definition) is 1. The first-order chi connectivity index (χ1) is 14.1. The molecule has 1 amide bonds. The maximum absolute atomic E-state index is 12.8. The Kier molecular flexibility index (Phi) is 6.70. The van der Waals surface area contributed by atoms with E-state index in [1.165, 1.54) is 49.9 Å². The summed E-state index contributed by atoms with van der Waals surface area (Å²) in [5.74, 6) is 0.837. The molecule has 3 heterocycles. The van der Waals surface area contributed by atoms with Gasteiger partial charge in [-0.1, -0.05) is 19.3 Å². The second-order valence-corrected chi connectivity index (χ2v) is 9.14. The summed E-state index contributed by atoms with van der Waals surface area (Å²) >= 11 is 0. The highest BCUT2D eigenvalue weighted by Crippen LogP contribution is 2.26. The lowest BCUT2D eigenvalue weighted by molar-refractivity contribution is -0.133. The third-order valence-electron chi connectivity index (χ3n) is 7.05. The van der Waals surface area contributed by atoms with E-state index in [0.29, 0.717) is 24.4 Å². The summed E-state index contributed by atoms with van der Waals surface area (Å²) < 4.78 is 0. The van der Waals surface area contributed by atoms with Gasteiger partial charge in [-0.3, -0.25) is 14.7 Å². The van der Waals surface area contributed by atoms with Crippen molar-refractivity contribution < 1.29 is 4.79 Å². The molecule has 1 unspecified atom stereocenters. The summed E-state index contributed by atoms with van der Waals surface area (Å²) in [7, 11) is 2.01. The summed E-state index contributed by atoms with van der Waals surface area (Å²) in [6.45, 7) is 8.66. The molecular formula is C23H37N5O. The minimum absolute atomic E-state index is 0.293. The molecule has 1 aromatic rings. The predicted molar refractivity (Wildman–Crippen MR) is 117 cm³/mol. The topological polar surface area (TPSA) is 51.7 Å². The molecule has 29 heavy (non-hydrogen) atoms. The molecule has 3 fully saturated rings. The summed E-state index contributed by atoms with van der Waals surface area (Å²) in [5.41, 5.74) is 3.64. The van der Waals surface area contributed by atoms with Crippen molar-refractivity contribution in [3.63, 3.8) is 0 Å². The number of aromatic nitrogens is 1. The maximum Gasteiger partial charge on any atom is 0.236 e. The second kappa shape index (κ2) is 9.43. The molecule has 1 aromatic heterocycles. The molecule has 6 heteroatoms. The molecule has 0 aromatic carbocycles. The number of carbonyl (C=O) groups is 1. The van der Waals surface area contributed by atoms with Gasteiger partial charge < -0.3 is 15.1 Å². The fraction of sp³-hybridized carbons (Fsp3) is 0.739. The standard InChI is InChI=1S/C23H37N5O/c1-18-14-21(15-22(25-18)19-8-9-24-16-19)28-12-10-27(11-13-28)17-23(29)26(2)20-6-4-3-5-7-20/h14-15,19-20,24H,3-13,16-17H2,1-2H3. The van der Waals surface area contributed by atoms with Crippen molar-refractivity contribution in [3.05, 3.63) is 23.5 Å². The van der Waals surface area contributed by atoms with E-state index in [2.05, 4.69) is 34.2 Å². The maximum atomic E-state index is 12.8. The van der Waals surface area contributed by atoms with E-state index < -0.39 is 0 Å². The van der Waals surface area contributed by atoms with Gasteiger partial charge in [0.1, 0.15) is 0 Å². The molecule has 0 bridgehead atoms. The van der Waals surface area contributed by atoms with Crippen molar-refractivity contribution in [2.45, 2.75) is 57.4 Å². The van der Waals surface area contributed by atoms with Crippen molar-refractivity contribution in [1.29, 1.82) is 0 Å². The van der Waals surface area contributed by atoms with Gasteiger partial charge in [-0.2, -0.15) is 0 Å². The van der Waals surface area contributed by atoms with Crippen molar-refractivity contribution in [1.82, 2.24) is 20.1 Å². The molecule has 0 radical (unpaired) electrons. The largest absolute Gasteiger partial charge is 0.369 e. The Labute approximate surface area is 175 Å². The number of hydrogen-bond acceptors (Lipinski definition) is 5. The molecular weight excluding hydrogens is 362 g/mol. The Hall–Kier alpha value is -1.66. The minimum atomic E-state index is 0.293. The van der Waals surface area contributed by atoms with Gasteiger partial charge in [0, 0.05) is 68.8 Å². The highest BCUT2D eigenvalue weighted by Gasteiger charge is 2.26. The number of pyridine rings is 1. The Morgan fingerprint density at radius 2 is 1.90 bits per heavy atom. The summed E-state index contributed by atoms with van der Waals surface area (Å²) in [4.78, 5) is 24.4. The number of rotatable bonds is 5. The van der Waals surface area contributed by atoms with Crippen LogP contribution in [0.25, 0.3) is 0 Å². The van der Waals surface area contributed by atoms with E-state index in [0.717, 1.165) is 45.0 Å². The lowest BCUT2D eigenvalue weighted by atomic mass is 9.94. The molecule has 1 aliphatic carbocycles. The Morgan fingerprint density at radius 3 is 2.59 bits per heavy atom. The van der Waals surface area contributed by atoms with Crippen molar-refractivity contribution in [2.24, 2.45) is 0 Å². The van der Waals surface area contributed by atoms with Crippen LogP contribution in [0, 0.1) is 6.92 Å². The van der Waals surface area contributed by atoms with Crippen molar-refractivity contribution in [3.8, 4) is 0 Å². The van der Waals surface area contributed by atoms with Gasteiger partial charge in [-0.25, -0.2) is 0 Å². The number of anilines is 1. The predicted octanol–water partition coefficient (Wildman–Crippen LogP) is 2.38. The number of aryl methyl sites for hydroxylation is 1. The first-order valence-electron chi connectivity index (χ1n) is 11.5. The first-order valence-corrected chi connectivity index (χ1v) is 11.5. The number of carbonyl (C=O) groups excluding carboxylic acids is 1. The molecule has 2 saturated heterocycles. The zero-order chi connectivity index (χ0) is 20.2. The van der Waals surface area contributed by atoms with Gasteiger partial charge in [0.15, 0.2) is 0 Å². The average Bonchev–Trinajstić information content (AvgIpc) is 3.29. The van der Waals surface area contributed by atoms with Crippen LogP contribution in [0.3, 0.4) is 0 Å². The average molecular weight is 400 g/mol. The van der Waals surface area contributed by atoms with Crippen molar-refractivity contribution >= 4 is 11.6 Å². The Balaban J connectivity index is 1.30. The fourth-order valence-corrected chi connectivity index (χ4v) is 5.11. The third kappa shape index (κ3) is 5.10. The molecule has 4 rings (SSSR count). The van der Waals surface area contributed by atoms with Crippen LogP contribution in [0.4, 0.5) is 5.69 Å². The number of amides is 1. The monoisotopic (exact) mass is 399 g/mol. The molecule has 1 saturated carbocycles. The second-order valence-electron chi connectivity index (χ2n) is 9.14. The van der Waals surface area contributed by atoms with Crippen LogP contribution in [0.2, 0.25) is 0 Å². The lowest BCUT2D eigenvalue weighted by Crippen LogP contribution is -2.51. The smallest absolute Gasteiger partial charge is 0.236 e. The normalized spacial score (nSPS) is 24.1. The summed E-state index contributed by atoms with van der Waals surface area (Å²) in [6, 6.07) is 4.96. The number of nitrogens with zero attached hydrogens (tertiary/aromatic N) is 4.